The molecule has 94 valence electrons. The Bertz CT molecular complexity index is 218. The van der Waals surface area contributed by atoms with Gasteiger partial charge in [0, 0.05) is 0 Å². The first-order valence-corrected chi connectivity index (χ1v) is 10.4. The Morgan fingerprint density at radius 3 is 2.25 bits per heavy atom. The Labute approximate surface area is 104 Å². The third-order valence-electron chi connectivity index (χ3n) is 2.60. The third-order valence-corrected chi connectivity index (χ3v) is 3.88. The van der Waals surface area contributed by atoms with Gasteiger partial charge in [-0.3, -0.25) is 0 Å². The van der Waals surface area contributed by atoms with Gasteiger partial charge in [-0.25, -0.2) is 0 Å². The van der Waals surface area contributed by atoms with E-state index in [0.717, 1.165) is 0 Å². The molecule has 0 rings (SSSR count). The Morgan fingerprint density at radius 2 is 1.75 bits per heavy atom. The fourth-order valence-electron chi connectivity index (χ4n) is 1.89. The molecule has 0 radical (unpaired) electrons. The molecule has 0 aromatic rings. The van der Waals surface area contributed by atoms with Crippen LogP contribution in [0.2, 0.25) is 19.6 Å². The van der Waals surface area contributed by atoms with E-state index in [1.54, 1.807) is 5.57 Å². The average Bonchev–Trinajstić information content (AvgIpc) is 2.18. The molecule has 0 nitrogen and oxygen atoms in total. The average molecular weight is 238 g/mol. The van der Waals surface area contributed by atoms with E-state index in [2.05, 4.69) is 51.3 Å². The maximum absolute atomic E-state index is 2.60. The lowest BCUT2D eigenvalue weighted by Crippen LogP contribution is -2.16. The monoisotopic (exact) mass is 238 g/mol. The van der Waals surface area contributed by atoms with Crippen molar-refractivity contribution in [3.63, 3.8) is 0 Å². The molecule has 0 unspecified atom stereocenters. The number of allylic oxidation sites excluding steroid dienone is 3. The van der Waals surface area contributed by atoms with Crippen molar-refractivity contribution in [2.24, 2.45) is 0 Å². The number of hydrogen-bond donors (Lipinski definition) is 0. The summed E-state index contributed by atoms with van der Waals surface area (Å²) in [7, 11) is -1.03. The number of hydrogen-bond acceptors (Lipinski definition) is 0. The molecule has 0 bridgehead atoms. The molecule has 0 spiro atoms. The summed E-state index contributed by atoms with van der Waals surface area (Å²) >= 11 is 0. The second-order valence-electron chi connectivity index (χ2n) is 5.75. The highest BCUT2D eigenvalue weighted by atomic mass is 28.3. The molecule has 0 saturated carbocycles. The van der Waals surface area contributed by atoms with E-state index in [1.807, 2.05) is 0 Å². The summed E-state index contributed by atoms with van der Waals surface area (Å²) in [6.45, 7) is 11.7. The van der Waals surface area contributed by atoms with Crippen molar-refractivity contribution in [3.05, 3.63) is 23.4 Å². The summed E-state index contributed by atoms with van der Waals surface area (Å²) in [4.78, 5) is 0. The number of rotatable bonds is 8. The van der Waals surface area contributed by atoms with Crippen LogP contribution in [0.25, 0.3) is 0 Å². The fourth-order valence-corrected chi connectivity index (χ4v) is 3.38. The second-order valence-corrected chi connectivity index (χ2v) is 10.8. The maximum Gasteiger partial charge on any atom is 0.0686 e. The van der Waals surface area contributed by atoms with Gasteiger partial charge in [0.2, 0.25) is 0 Å². The van der Waals surface area contributed by atoms with Crippen LogP contribution >= 0.6 is 0 Å². The molecule has 0 aliphatic rings. The zero-order chi connectivity index (χ0) is 12.4. The SMILES string of the molecule is C/C=C/C/C(=C/[Si](C)(C)C)CCCCCC. The van der Waals surface area contributed by atoms with E-state index in [-0.39, 0.29) is 0 Å². The van der Waals surface area contributed by atoms with Crippen molar-refractivity contribution in [2.45, 2.75) is 72.0 Å². The smallest absolute Gasteiger partial charge is 0.0686 e. The molecule has 0 aliphatic heterocycles. The van der Waals surface area contributed by atoms with Gasteiger partial charge < -0.3 is 0 Å². The molecule has 0 heterocycles. The zero-order valence-electron chi connectivity index (χ0n) is 12.0. The molecule has 1 heteroatoms. The summed E-state index contributed by atoms with van der Waals surface area (Å²) in [5.41, 5.74) is 4.27. The van der Waals surface area contributed by atoms with Gasteiger partial charge in [0.15, 0.2) is 0 Å². The van der Waals surface area contributed by atoms with Gasteiger partial charge in [-0.05, 0) is 26.2 Å². The van der Waals surface area contributed by atoms with E-state index >= 15 is 0 Å². The van der Waals surface area contributed by atoms with Crippen molar-refractivity contribution in [2.75, 3.05) is 0 Å². The highest BCUT2D eigenvalue weighted by molar-refractivity contribution is 6.81. The topological polar surface area (TPSA) is 0 Å². The molecule has 0 aliphatic carbocycles. The normalized spacial score (nSPS) is 13.7. The largest absolute Gasteiger partial charge is 0.0955 e. The predicted molar refractivity (Wildman–Crippen MR) is 79.6 cm³/mol. The Morgan fingerprint density at radius 1 is 1.06 bits per heavy atom. The number of unbranched alkanes of at least 4 members (excludes halogenated alkanes) is 3. The summed E-state index contributed by atoms with van der Waals surface area (Å²) in [6, 6.07) is 0. The first-order valence-electron chi connectivity index (χ1n) is 6.81. The zero-order valence-corrected chi connectivity index (χ0v) is 13.0. The minimum Gasteiger partial charge on any atom is -0.0955 e. The van der Waals surface area contributed by atoms with Crippen LogP contribution in [0, 0.1) is 0 Å². The lowest BCUT2D eigenvalue weighted by atomic mass is 10.1. The van der Waals surface area contributed by atoms with Gasteiger partial charge in [0.25, 0.3) is 0 Å². The lowest BCUT2D eigenvalue weighted by Gasteiger charge is -2.14. The summed E-state index contributed by atoms with van der Waals surface area (Å²) < 4.78 is 0. The van der Waals surface area contributed by atoms with Gasteiger partial charge in [-0.15, -0.1) is 0 Å². The van der Waals surface area contributed by atoms with Crippen molar-refractivity contribution in [1.82, 2.24) is 0 Å². The Kier molecular flexibility index (Phi) is 8.64. The predicted octanol–water partition coefficient (Wildman–Crippen LogP) is 5.73. The van der Waals surface area contributed by atoms with E-state index in [1.165, 1.54) is 38.5 Å². The van der Waals surface area contributed by atoms with Crippen LogP contribution in [0.1, 0.15) is 52.4 Å². The van der Waals surface area contributed by atoms with Crippen molar-refractivity contribution >= 4 is 8.07 Å². The minimum atomic E-state index is -1.03. The molecule has 0 aromatic carbocycles. The van der Waals surface area contributed by atoms with E-state index in [0.29, 0.717) is 0 Å². The second kappa shape index (κ2) is 8.80. The van der Waals surface area contributed by atoms with E-state index < -0.39 is 8.07 Å². The molecule has 0 amide bonds. The first kappa shape index (κ1) is 15.7. The van der Waals surface area contributed by atoms with Gasteiger partial charge in [-0.1, -0.05) is 69.3 Å². The Balaban J connectivity index is 4.16. The van der Waals surface area contributed by atoms with Crippen LogP contribution in [0.5, 0.6) is 0 Å². The lowest BCUT2D eigenvalue weighted by molar-refractivity contribution is 0.661. The van der Waals surface area contributed by atoms with Gasteiger partial charge in [0.05, 0.1) is 8.07 Å². The standard InChI is InChI=1S/C15H30Si/c1-6-8-10-11-13-15(12-9-7-2)14-16(3,4)5/h7,9,14H,6,8,10-13H2,1-5H3/b9-7+,15-14-. The summed E-state index contributed by atoms with van der Waals surface area (Å²) in [6.07, 6.45) is 12.5. The third kappa shape index (κ3) is 10.2. The summed E-state index contributed by atoms with van der Waals surface area (Å²) in [5.74, 6) is 0. The van der Waals surface area contributed by atoms with Crippen LogP contribution < -0.4 is 0 Å². The fraction of sp³-hybridized carbons (Fsp3) is 0.733. The molecule has 0 aromatic heterocycles. The molecule has 0 saturated heterocycles. The van der Waals surface area contributed by atoms with Crippen LogP contribution in [0.15, 0.2) is 23.4 Å². The molecular formula is C15H30Si. The molecule has 0 fully saturated rings. The van der Waals surface area contributed by atoms with Crippen molar-refractivity contribution in [3.8, 4) is 0 Å². The van der Waals surface area contributed by atoms with Gasteiger partial charge >= 0.3 is 0 Å². The van der Waals surface area contributed by atoms with Crippen LogP contribution in [0.3, 0.4) is 0 Å². The summed E-state index contributed by atoms with van der Waals surface area (Å²) in [5, 5.41) is 0. The highest BCUT2D eigenvalue weighted by Crippen LogP contribution is 2.18. The maximum atomic E-state index is 2.60. The molecule has 16 heavy (non-hydrogen) atoms. The van der Waals surface area contributed by atoms with Gasteiger partial charge in [-0.2, -0.15) is 0 Å². The first-order chi connectivity index (χ1) is 7.49. The van der Waals surface area contributed by atoms with E-state index in [4.69, 9.17) is 0 Å². The van der Waals surface area contributed by atoms with Gasteiger partial charge in [0.1, 0.15) is 0 Å². The van der Waals surface area contributed by atoms with Crippen LogP contribution in [0.4, 0.5) is 0 Å². The van der Waals surface area contributed by atoms with Crippen LogP contribution in [-0.4, -0.2) is 8.07 Å². The quantitative estimate of drug-likeness (QED) is 0.288. The molecule has 0 atom stereocenters. The van der Waals surface area contributed by atoms with E-state index in [9.17, 15) is 0 Å². The van der Waals surface area contributed by atoms with Crippen molar-refractivity contribution < 1.29 is 0 Å². The van der Waals surface area contributed by atoms with Crippen molar-refractivity contribution in [1.29, 1.82) is 0 Å². The Hall–Kier alpha value is -0.303. The highest BCUT2D eigenvalue weighted by Gasteiger charge is 2.10. The molecule has 0 N–H and O–H groups in total. The molecular weight excluding hydrogens is 208 g/mol. The minimum absolute atomic E-state index is 1.03. The van der Waals surface area contributed by atoms with Crippen LogP contribution in [-0.2, 0) is 0 Å².